The third kappa shape index (κ3) is 7.87. The summed E-state index contributed by atoms with van der Waals surface area (Å²) in [6, 6.07) is 3.11. The van der Waals surface area contributed by atoms with E-state index in [0.717, 1.165) is 0 Å². The second-order valence-electron chi connectivity index (χ2n) is 7.43. The summed E-state index contributed by atoms with van der Waals surface area (Å²) in [5.74, 6) is -0.385. The number of halogens is 2. The average Bonchev–Trinajstić information content (AvgIpc) is 2.72. The van der Waals surface area contributed by atoms with Crippen LogP contribution in [0.5, 0.6) is 0 Å². The molecule has 2 rings (SSSR count). The highest BCUT2D eigenvalue weighted by Crippen LogP contribution is 2.31. The van der Waals surface area contributed by atoms with E-state index < -0.39 is 33.8 Å². The molecule has 2 N–H and O–H groups in total. The van der Waals surface area contributed by atoms with Crippen molar-refractivity contribution < 1.29 is 22.3 Å². The fraction of sp³-hybridized carbons (Fsp3) is 0.650. The summed E-state index contributed by atoms with van der Waals surface area (Å²) in [6.45, 7) is 5.15. The fourth-order valence-electron chi connectivity index (χ4n) is 3.47. The van der Waals surface area contributed by atoms with E-state index in [1.807, 2.05) is 18.1 Å². The summed E-state index contributed by atoms with van der Waals surface area (Å²) >= 11 is 7.85. The molecule has 1 aliphatic rings. The molecule has 1 aliphatic heterocycles. The van der Waals surface area contributed by atoms with Crippen LogP contribution in [0.1, 0.15) is 31.9 Å². The first kappa shape index (κ1) is 26.3. The summed E-state index contributed by atoms with van der Waals surface area (Å²) in [5.41, 5.74) is 0.313. The smallest absolute Gasteiger partial charge is 0.238 e. The lowest BCUT2D eigenvalue weighted by atomic mass is 10.0. The van der Waals surface area contributed by atoms with Crippen LogP contribution in [0.2, 0.25) is 5.02 Å². The minimum atomic E-state index is -3.55. The van der Waals surface area contributed by atoms with Crippen LogP contribution in [0.3, 0.4) is 0 Å². The molecule has 1 aromatic carbocycles. The van der Waals surface area contributed by atoms with Crippen molar-refractivity contribution >= 4 is 39.3 Å². The van der Waals surface area contributed by atoms with Crippen molar-refractivity contribution in [2.45, 2.75) is 38.5 Å². The van der Waals surface area contributed by atoms with Gasteiger partial charge in [0.2, 0.25) is 15.9 Å². The monoisotopic (exact) mass is 495 g/mol. The molecule has 0 aliphatic carbocycles. The number of morpholine rings is 1. The lowest BCUT2D eigenvalue weighted by molar-refractivity contribution is -0.123. The number of hydrogen-bond acceptors (Lipinski definition) is 6. The molecular formula is C20H31ClFN3O4S2. The van der Waals surface area contributed by atoms with Crippen LogP contribution < -0.4 is 10.0 Å². The van der Waals surface area contributed by atoms with Gasteiger partial charge in [-0.1, -0.05) is 17.7 Å². The summed E-state index contributed by atoms with van der Waals surface area (Å²) in [5, 5.41) is 3.10. The lowest BCUT2D eigenvalue weighted by Gasteiger charge is -2.38. The number of thioether (sulfide) groups is 1. The van der Waals surface area contributed by atoms with E-state index in [0.29, 0.717) is 37.4 Å². The van der Waals surface area contributed by atoms with Crippen LogP contribution in [-0.2, 0) is 19.6 Å². The molecule has 3 atom stereocenters. The third-order valence-corrected chi connectivity index (χ3v) is 7.52. The Balaban J connectivity index is 2.22. The zero-order chi connectivity index (χ0) is 23.0. The molecule has 1 aromatic rings. The van der Waals surface area contributed by atoms with E-state index in [1.165, 1.54) is 30.8 Å². The van der Waals surface area contributed by atoms with Crippen LogP contribution in [0, 0.1) is 5.82 Å². The molecule has 7 nitrogen and oxygen atoms in total. The molecule has 1 fully saturated rings. The van der Waals surface area contributed by atoms with E-state index in [-0.39, 0.29) is 23.4 Å². The number of ether oxygens (including phenoxy) is 1. The number of sulfonamides is 1. The van der Waals surface area contributed by atoms with Crippen molar-refractivity contribution in [3.8, 4) is 0 Å². The van der Waals surface area contributed by atoms with Gasteiger partial charge in [-0.3, -0.25) is 9.69 Å². The van der Waals surface area contributed by atoms with Gasteiger partial charge in [0.05, 0.1) is 24.5 Å². The molecule has 176 valence electrons. The summed E-state index contributed by atoms with van der Waals surface area (Å²) in [6.07, 6.45) is 2.20. The number of benzene rings is 1. The average molecular weight is 496 g/mol. The number of carbonyl (C=O) groups is 1. The molecule has 0 bridgehead atoms. The van der Waals surface area contributed by atoms with Crippen molar-refractivity contribution in [2.24, 2.45) is 0 Å². The van der Waals surface area contributed by atoms with Gasteiger partial charge in [0.15, 0.2) is 0 Å². The zero-order valence-electron chi connectivity index (χ0n) is 18.1. The predicted octanol–water partition coefficient (Wildman–Crippen LogP) is 2.42. The molecule has 3 unspecified atom stereocenters. The summed E-state index contributed by atoms with van der Waals surface area (Å²) < 4.78 is 46.8. The standard InChI is InChI=1S/C20H31ClFN3O4S2/c1-4-31(27,28)24-17(8-11-30-3)20(26)23-12-18(25-9-10-29-14(2)13-25)19-15(21)6-5-7-16(19)22/h5-7,14,17-18,24H,4,8-13H2,1-3H3,(H,23,26). The van der Waals surface area contributed by atoms with E-state index in [1.54, 1.807) is 6.07 Å². The van der Waals surface area contributed by atoms with Gasteiger partial charge in [0.1, 0.15) is 11.9 Å². The summed E-state index contributed by atoms with van der Waals surface area (Å²) in [7, 11) is -3.55. The molecule has 11 heteroatoms. The summed E-state index contributed by atoms with van der Waals surface area (Å²) in [4.78, 5) is 14.9. The maximum absolute atomic E-state index is 14.7. The topological polar surface area (TPSA) is 87.7 Å². The van der Waals surface area contributed by atoms with Gasteiger partial charge < -0.3 is 10.1 Å². The molecule has 0 spiro atoms. The second-order valence-corrected chi connectivity index (χ2v) is 10.9. The van der Waals surface area contributed by atoms with Gasteiger partial charge in [0, 0.05) is 30.2 Å². The quantitative estimate of drug-likeness (QED) is 0.490. The number of nitrogens with one attached hydrogen (secondary N) is 2. The molecule has 1 heterocycles. The molecule has 1 saturated heterocycles. The zero-order valence-corrected chi connectivity index (χ0v) is 20.5. The number of nitrogens with zero attached hydrogens (tertiary/aromatic N) is 1. The Hall–Kier alpha value is -0.910. The molecule has 0 saturated carbocycles. The Kier molecular flexibility index (Phi) is 10.5. The Bertz CT molecular complexity index is 823. The molecular weight excluding hydrogens is 465 g/mol. The van der Waals surface area contributed by atoms with Crippen LogP contribution in [-0.4, -0.2) is 75.4 Å². The lowest BCUT2D eigenvalue weighted by Crippen LogP contribution is -2.51. The van der Waals surface area contributed by atoms with Gasteiger partial charge in [-0.25, -0.2) is 17.5 Å². The highest BCUT2D eigenvalue weighted by atomic mass is 35.5. The number of rotatable bonds is 11. The minimum Gasteiger partial charge on any atom is -0.376 e. The van der Waals surface area contributed by atoms with Crippen LogP contribution in [0.4, 0.5) is 4.39 Å². The Morgan fingerprint density at radius 1 is 1.45 bits per heavy atom. The van der Waals surface area contributed by atoms with Crippen molar-refractivity contribution in [3.63, 3.8) is 0 Å². The highest BCUT2D eigenvalue weighted by Gasteiger charge is 2.31. The van der Waals surface area contributed by atoms with E-state index in [2.05, 4.69) is 10.0 Å². The van der Waals surface area contributed by atoms with Crippen molar-refractivity contribution in [1.82, 2.24) is 14.9 Å². The SMILES string of the molecule is CCS(=O)(=O)NC(CCSC)C(=O)NCC(c1c(F)cccc1Cl)N1CCOC(C)C1. The maximum atomic E-state index is 14.7. The van der Waals surface area contributed by atoms with E-state index >= 15 is 0 Å². The normalized spacial score (nSPS) is 19.7. The molecule has 0 radical (unpaired) electrons. The third-order valence-electron chi connectivity index (χ3n) is 5.14. The Morgan fingerprint density at radius 3 is 2.81 bits per heavy atom. The van der Waals surface area contributed by atoms with Crippen molar-refractivity contribution in [3.05, 3.63) is 34.6 Å². The first-order valence-electron chi connectivity index (χ1n) is 10.2. The number of hydrogen-bond donors (Lipinski definition) is 2. The van der Waals surface area contributed by atoms with E-state index in [9.17, 15) is 17.6 Å². The number of amides is 1. The number of carbonyl (C=O) groups excluding carboxylic acids is 1. The molecule has 0 aromatic heterocycles. The minimum absolute atomic E-state index is 0.0387. The maximum Gasteiger partial charge on any atom is 0.238 e. The van der Waals surface area contributed by atoms with Crippen LogP contribution in [0.25, 0.3) is 0 Å². The van der Waals surface area contributed by atoms with Crippen molar-refractivity contribution in [1.29, 1.82) is 0 Å². The van der Waals surface area contributed by atoms with Gasteiger partial charge in [-0.05, 0) is 44.4 Å². The van der Waals surface area contributed by atoms with Gasteiger partial charge in [-0.15, -0.1) is 0 Å². The fourth-order valence-corrected chi connectivity index (χ4v) is 5.06. The van der Waals surface area contributed by atoms with Gasteiger partial charge in [0.25, 0.3) is 0 Å². The van der Waals surface area contributed by atoms with Crippen LogP contribution >= 0.6 is 23.4 Å². The second kappa shape index (κ2) is 12.4. The highest BCUT2D eigenvalue weighted by molar-refractivity contribution is 7.98. The molecule has 31 heavy (non-hydrogen) atoms. The molecule has 1 amide bonds. The Morgan fingerprint density at radius 2 is 2.19 bits per heavy atom. The van der Waals surface area contributed by atoms with Crippen molar-refractivity contribution in [2.75, 3.05) is 44.0 Å². The van der Waals surface area contributed by atoms with Gasteiger partial charge >= 0.3 is 0 Å². The first-order chi connectivity index (χ1) is 14.7. The van der Waals surface area contributed by atoms with Gasteiger partial charge in [-0.2, -0.15) is 11.8 Å². The predicted molar refractivity (Wildman–Crippen MR) is 124 cm³/mol. The van der Waals surface area contributed by atoms with Crippen LogP contribution in [0.15, 0.2) is 18.2 Å². The largest absolute Gasteiger partial charge is 0.376 e. The first-order valence-corrected chi connectivity index (χ1v) is 13.7. The van der Waals surface area contributed by atoms with E-state index in [4.69, 9.17) is 16.3 Å². The Labute approximate surface area is 193 Å².